The van der Waals surface area contributed by atoms with Crippen molar-refractivity contribution in [3.05, 3.63) is 21.4 Å². The summed E-state index contributed by atoms with van der Waals surface area (Å²) in [5, 5.41) is 0. The minimum absolute atomic E-state index is 0.176. The molecule has 1 aliphatic carbocycles. The summed E-state index contributed by atoms with van der Waals surface area (Å²) in [6.45, 7) is 5.20. The largest absolute Gasteiger partial charge is 0.330 e. The van der Waals surface area contributed by atoms with E-state index in [4.69, 9.17) is 5.73 Å². The number of thiophene rings is 1. The van der Waals surface area contributed by atoms with Gasteiger partial charge < -0.3 is 5.73 Å². The van der Waals surface area contributed by atoms with Crippen LogP contribution in [0.2, 0.25) is 0 Å². The Bertz CT molecular complexity index is 290. The molecule has 0 aromatic carbocycles. The van der Waals surface area contributed by atoms with E-state index in [0.717, 1.165) is 6.54 Å². The summed E-state index contributed by atoms with van der Waals surface area (Å²) in [5.74, 6) is 0. The number of hydrogen-bond donors (Lipinski definition) is 1. The van der Waals surface area contributed by atoms with Crippen molar-refractivity contribution >= 4 is 11.3 Å². The highest BCUT2D eigenvalue weighted by Crippen LogP contribution is 2.36. The lowest BCUT2D eigenvalue weighted by Gasteiger charge is -2.20. The summed E-state index contributed by atoms with van der Waals surface area (Å²) in [5.41, 5.74) is 7.52. The molecule has 0 unspecified atom stereocenters. The Morgan fingerprint density at radius 1 is 1.46 bits per heavy atom. The van der Waals surface area contributed by atoms with E-state index < -0.39 is 0 Å². The van der Waals surface area contributed by atoms with Crippen molar-refractivity contribution < 1.29 is 0 Å². The van der Waals surface area contributed by atoms with Gasteiger partial charge in [-0.1, -0.05) is 13.8 Å². The average molecular weight is 195 g/mol. The molecule has 2 N–H and O–H groups in total. The Hall–Kier alpha value is -0.340. The van der Waals surface area contributed by atoms with Crippen LogP contribution in [0.15, 0.2) is 6.07 Å². The zero-order valence-electron chi connectivity index (χ0n) is 8.39. The van der Waals surface area contributed by atoms with Gasteiger partial charge in [0, 0.05) is 21.7 Å². The van der Waals surface area contributed by atoms with Crippen LogP contribution in [-0.4, -0.2) is 6.54 Å². The summed E-state index contributed by atoms with van der Waals surface area (Å²) < 4.78 is 0. The summed E-state index contributed by atoms with van der Waals surface area (Å²) in [7, 11) is 0. The molecule has 2 heteroatoms. The molecule has 1 nitrogen and oxygen atoms in total. The van der Waals surface area contributed by atoms with E-state index in [2.05, 4.69) is 19.9 Å². The molecular formula is C11H17NS. The van der Waals surface area contributed by atoms with Crippen molar-refractivity contribution in [1.82, 2.24) is 0 Å². The third-order valence-electron chi connectivity index (χ3n) is 2.92. The number of rotatable bonds is 2. The molecule has 13 heavy (non-hydrogen) atoms. The van der Waals surface area contributed by atoms with E-state index in [1.807, 2.05) is 11.3 Å². The second-order valence-corrected chi connectivity index (χ2v) is 5.64. The molecule has 0 fully saturated rings. The van der Waals surface area contributed by atoms with Gasteiger partial charge in [0.15, 0.2) is 0 Å². The molecule has 1 heterocycles. The molecule has 1 aliphatic rings. The van der Waals surface area contributed by atoms with E-state index in [1.165, 1.54) is 24.1 Å². The molecule has 1 aromatic heterocycles. The van der Waals surface area contributed by atoms with Crippen LogP contribution in [0.25, 0.3) is 0 Å². The summed E-state index contributed by atoms with van der Waals surface area (Å²) >= 11 is 1.97. The van der Waals surface area contributed by atoms with Crippen LogP contribution in [0.4, 0.5) is 0 Å². The Morgan fingerprint density at radius 3 is 2.85 bits per heavy atom. The number of aryl methyl sites for hydroxylation is 2. The first-order chi connectivity index (χ1) is 6.13. The van der Waals surface area contributed by atoms with Gasteiger partial charge in [0.2, 0.25) is 0 Å². The Labute approximate surface area is 84.0 Å². The van der Waals surface area contributed by atoms with Crippen LogP contribution >= 0.6 is 11.3 Å². The van der Waals surface area contributed by atoms with Crippen molar-refractivity contribution in [1.29, 1.82) is 0 Å². The van der Waals surface area contributed by atoms with Gasteiger partial charge in [-0.05, 0) is 30.9 Å². The summed E-state index contributed by atoms with van der Waals surface area (Å²) in [4.78, 5) is 3.08. The van der Waals surface area contributed by atoms with Gasteiger partial charge in [-0.3, -0.25) is 0 Å². The van der Waals surface area contributed by atoms with Gasteiger partial charge in [-0.15, -0.1) is 11.3 Å². The molecule has 0 bridgehead atoms. The molecule has 2 rings (SSSR count). The monoisotopic (exact) mass is 195 g/mol. The normalized spacial score (nSPS) is 16.2. The van der Waals surface area contributed by atoms with Gasteiger partial charge >= 0.3 is 0 Å². The van der Waals surface area contributed by atoms with Crippen LogP contribution in [0.1, 0.15) is 35.6 Å². The molecule has 0 amide bonds. The molecule has 0 radical (unpaired) electrons. The van der Waals surface area contributed by atoms with Crippen LogP contribution in [0.3, 0.4) is 0 Å². The van der Waals surface area contributed by atoms with Gasteiger partial charge in [0.25, 0.3) is 0 Å². The SMILES string of the molecule is CC(C)(CN)c1cc2c(s1)CCC2. The Morgan fingerprint density at radius 2 is 2.23 bits per heavy atom. The third-order valence-corrected chi connectivity index (χ3v) is 4.53. The molecule has 0 spiro atoms. The smallest absolute Gasteiger partial charge is 0.0120 e. The fourth-order valence-electron chi connectivity index (χ4n) is 1.76. The van der Waals surface area contributed by atoms with E-state index in [-0.39, 0.29) is 5.41 Å². The van der Waals surface area contributed by atoms with Crippen molar-refractivity contribution in [3.8, 4) is 0 Å². The van der Waals surface area contributed by atoms with Crippen molar-refractivity contribution in [2.75, 3.05) is 6.54 Å². The lowest BCUT2D eigenvalue weighted by atomic mass is 9.91. The highest BCUT2D eigenvalue weighted by molar-refractivity contribution is 7.12. The molecule has 0 aliphatic heterocycles. The van der Waals surface area contributed by atoms with Crippen molar-refractivity contribution in [2.45, 2.75) is 38.5 Å². The lowest BCUT2D eigenvalue weighted by molar-refractivity contribution is 0.550. The molecule has 72 valence electrons. The molecule has 0 atom stereocenters. The number of hydrogen-bond acceptors (Lipinski definition) is 2. The van der Waals surface area contributed by atoms with Crippen LogP contribution in [0, 0.1) is 0 Å². The minimum Gasteiger partial charge on any atom is -0.330 e. The average Bonchev–Trinajstić information content (AvgIpc) is 2.61. The van der Waals surface area contributed by atoms with Crippen molar-refractivity contribution in [3.63, 3.8) is 0 Å². The van der Waals surface area contributed by atoms with Gasteiger partial charge in [0.05, 0.1) is 0 Å². The predicted octanol–water partition coefficient (Wildman–Crippen LogP) is 2.47. The Kier molecular flexibility index (Phi) is 2.20. The van der Waals surface area contributed by atoms with E-state index >= 15 is 0 Å². The highest BCUT2D eigenvalue weighted by atomic mass is 32.1. The first-order valence-electron chi connectivity index (χ1n) is 4.95. The molecule has 1 aromatic rings. The maximum Gasteiger partial charge on any atom is 0.0120 e. The highest BCUT2D eigenvalue weighted by Gasteiger charge is 2.24. The number of nitrogens with two attached hydrogens (primary N) is 1. The van der Waals surface area contributed by atoms with Gasteiger partial charge in [0.1, 0.15) is 0 Å². The minimum atomic E-state index is 0.176. The molecule has 0 saturated carbocycles. The first kappa shape index (κ1) is 9.22. The zero-order chi connectivity index (χ0) is 9.47. The first-order valence-corrected chi connectivity index (χ1v) is 5.77. The molecule has 0 saturated heterocycles. The zero-order valence-corrected chi connectivity index (χ0v) is 9.21. The van der Waals surface area contributed by atoms with Crippen LogP contribution < -0.4 is 5.73 Å². The topological polar surface area (TPSA) is 26.0 Å². The summed E-state index contributed by atoms with van der Waals surface area (Å²) in [6, 6.07) is 2.37. The second-order valence-electron chi connectivity index (χ2n) is 4.50. The maximum atomic E-state index is 5.76. The van der Waals surface area contributed by atoms with Crippen molar-refractivity contribution in [2.24, 2.45) is 5.73 Å². The fraction of sp³-hybridized carbons (Fsp3) is 0.636. The summed E-state index contributed by atoms with van der Waals surface area (Å²) in [6.07, 6.45) is 3.93. The van der Waals surface area contributed by atoms with E-state index in [9.17, 15) is 0 Å². The van der Waals surface area contributed by atoms with E-state index in [0.29, 0.717) is 0 Å². The lowest BCUT2D eigenvalue weighted by Crippen LogP contribution is -2.26. The Balaban J connectivity index is 2.33. The van der Waals surface area contributed by atoms with Gasteiger partial charge in [-0.2, -0.15) is 0 Å². The van der Waals surface area contributed by atoms with Gasteiger partial charge in [-0.25, -0.2) is 0 Å². The predicted molar refractivity (Wildman–Crippen MR) is 58.4 cm³/mol. The fourth-order valence-corrected chi connectivity index (χ4v) is 3.13. The maximum absolute atomic E-state index is 5.76. The van der Waals surface area contributed by atoms with Crippen LogP contribution in [0.5, 0.6) is 0 Å². The van der Waals surface area contributed by atoms with E-state index in [1.54, 1.807) is 10.4 Å². The third kappa shape index (κ3) is 1.53. The van der Waals surface area contributed by atoms with Crippen LogP contribution in [-0.2, 0) is 18.3 Å². The second kappa shape index (κ2) is 3.10. The molecular weight excluding hydrogens is 178 g/mol. The number of fused-ring (bicyclic) bond motifs is 1. The quantitative estimate of drug-likeness (QED) is 0.771. The standard InChI is InChI=1S/C11H17NS/c1-11(2,7-12)10-6-8-4-3-5-9(8)13-10/h6H,3-5,7,12H2,1-2H3.